The van der Waals surface area contributed by atoms with Gasteiger partial charge in [-0.3, -0.25) is 0 Å². The van der Waals surface area contributed by atoms with Crippen molar-refractivity contribution in [2.45, 2.75) is 46.1 Å². The van der Waals surface area contributed by atoms with Crippen LogP contribution in [0, 0.1) is 5.92 Å². The molecule has 0 aliphatic heterocycles. The van der Waals surface area contributed by atoms with Crippen LogP contribution in [0.15, 0.2) is 0 Å². The smallest absolute Gasteiger partial charge is 0.242 e. The van der Waals surface area contributed by atoms with Crippen LogP contribution in [0.2, 0.25) is 0 Å². The Morgan fingerprint density at radius 1 is 1.39 bits per heavy atom. The van der Waals surface area contributed by atoms with Gasteiger partial charge < -0.3 is 15.8 Å². The van der Waals surface area contributed by atoms with Crippen molar-refractivity contribution >= 4 is 11.5 Å². The van der Waals surface area contributed by atoms with E-state index in [1.165, 1.54) is 12.8 Å². The number of aryl methyl sites for hydroxylation is 1. The highest BCUT2D eigenvalue weighted by Crippen LogP contribution is 2.31. The van der Waals surface area contributed by atoms with Gasteiger partial charge in [0, 0.05) is 12.5 Å². The zero-order valence-electron chi connectivity index (χ0n) is 11.4. The van der Waals surface area contributed by atoms with Crippen LogP contribution in [0.1, 0.15) is 39.4 Å². The van der Waals surface area contributed by atoms with Crippen molar-refractivity contribution in [2.75, 3.05) is 17.7 Å². The predicted octanol–water partition coefficient (Wildman–Crippen LogP) is 2.23. The Balaban J connectivity index is 2.19. The summed E-state index contributed by atoms with van der Waals surface area (Å²) in [5.41, 5.74) is 6.58. The fourth-order valence-corrected chi connectivity index (χ4v) is 1.54. The van der Waals surface area contributed by atoms with E-state index in [0.717, 1.165) is 18.1 Å². The maximum absolute atomic E-state index is 6.06. The summed E-state index contributed by atoms with van der Waals surface area (Å²) in [5, 5.41) is 3.33. The summed E-state index contributed by atoms with van der Waals surface area (Å²) in [5.74, 6) is 2.46. The average Bonchev–Trinajstić information content (AvgIpc) is 3.14. The molecule has 0 spiro atoms. The molecular formula is C13H22N4O. The van der Waals surface area contributed by atoms with Gasteiger partial charge in [-0.25, -0.2) is 4.98 Å². The minimum Gasteiger partial charge on any atom is -0.476 e. The first-order chi connectivity index (χ1) is 8.60. The van der Waals surface area contributed by atoms with Gasteiger partial charge in [-0.05, 0) is 18.8 Å². The minimum absolute atomic E-state index is 0.448. The summed E-state index contributed by atoms with van der Waals surface area (Å²) in [4.78, 5) is 8.78. The molecule has 1 heterocycles. The molecule has 1 aliphatic rings. The Morgan fingerprint density at radius 2 is 2.11 bits per heavy atom. The first-order valence-electron chi connectivity index (χ1n) is 6.65. The lowest BCUT2D eigenvalue weighted by atomic mass is 10.2. The Hall–Kier alpha value is -1.52. The second-order valence-corrected chi connectivity index (χ2v) is 5.18. The SMILES string of the molecule is CCc1nc(NC2CC2)c(N)c(OCC(C)C)n1. The number of nitrogen functional groups attached to an aromatic ring is 1. The Kier molecular flexibility index (Phi) is 3.89. The van der Waals surface area contributed by atoms with Crippen LogP contribution >= 0.6 is 0 Å². The number of rotatable bonds is 6. The normalized spacial score (nSPS) is 14.9. The zero-order valence-corrected chi connectivity index (χ0v) is 11.4. The zero-order chi connectivity index (χ0) is 13.1. The molecule has 0 radical (unpaired) electrons. The molecule has 1 fully saturated rings. The quantitative estimate of drug-likeness (QED) is 0.810. The van der Waals surface area contributed by atoms with E-state index in [4.69, 9.17) is 10.5 Å². The number of nitrogens with two attached hydrogens (primary N) is 1. The Morgan fingerprint density at radius 3 is 2.67 bits per heavy atom. The molecule has 100 valence electrons. The van der Waals surface area contributed by atoms with Crippen LogP contribution in [0.3, 0.4) is 0 Å². The van der Waals surface area contributed by atoms with Crippen molar-refractivity contribution in [2.24, 2.45) is 5.92 Å². The van der Waals surface area contributed by atoms with Crippen LogP contribution in [-0.4, -0.2) is 22.6 Å². The number of anilines is 2. The molecule has 5 nitrogen and oxygen atoms in total. The molecule has 5 heteroatoms. The van der Waals surface area contributed by atoms with Crippen LogP contribution in [0.4, 0.5) is 11.5 Å². The summed E-state index contributed by atoms with van der Waals surface area (Å²) >= 11 is 0. The van der Waals surface area contributed by atoms with Gasteiger partial charge in [-0.1, -0.05) is 20.8 Å². The largest absolute Gasteiger partial charge is 0.476 e. The predicted molar refractivity (Wildman–Crippen MR) is 72.8 cm³/mol. The molecule has 0 aromatic carbocycles. The van der Waals surface area contributed by atoms with E-state index >= 15 is 0 Å². The van der Waals surface area contributed by atoms with Crippen LogP contribution < -0.4 is 15.8 Å². The third-order valence-electron chi connectivity index (χ3n) is 2.74. The second-order valence-electron chi connectivity index (χ2n) is 5.18. The number of nitrogens with one attached hydrogen (secondary N) is 1. The van der Waals surface area contributed by atoms with E-state index in [1.54, 1.807) is 0 Å². The molecular weight excluding hydrogens is 228 g/mol. The summed E-state index contributed by atoms with van der Waals surface area (Å²) in [6, 6.07) is 0.518. The average molecular weight is 250 g/mol. The topological polar surface area (TPSA) is 73.1 Å². The maximum Gasteiger partial charge on any atom is 0.242 e. The van der Waals surface area contributed by atoms with Crippen molar-refractivity contribution < 1.29 is 4.74 Å². The standard InChI is InChI=1S/C13H22N4O/c1-4-10-16-12(15-9-5-6-9)11(14)13(17-10)18-7-8(2)3/h8-9H,4-7,14H2,1-3H3,(H,15,16,17). The van der Waals surface area contributed by atoms with E-state index in [9.17, 15) is 0 Å². The highest BCUT2D eigenvalue weighted by molar-refractivity contribution is 5.67. The van der Waals surface area contributed by atoms with E-state index < -0.39 is 0 Å². The molecule has 0 saturated heterocycles. The van der Waals surface area contributed by atoms with E-state index in [2.05, 4.69) is 29.1 Å². The number of aromatic nitrogens is 2. The molecule has 18 heavy (non-hydrogen) atoms. The Bertz CT molecular complexity index is 416. The van der Waals surface area contributed by atoms with Gasteiger partial charge in [0.25, 0.3) is 0 Å². The highest BCUT2D eigenvalue weighted by atomic mass is 16.5. The number of hydrogen-bond donors (Lipinski definition) is 2. The summed E-state index contributed by atoms with van der Waals surface area (Å²) in [7, 11) is 0. The van der Waals surface area contributed by atoms with Crippen LogP contribution in [-0.2, 0) is 6.42 Å². The first kappa shape index (κ1) is 12.9. The van der Waals surface area contributed by atoms with Gasteiger partial charge in [0.05, 0.1) is 6.61 Å². The van der Waals surface area contributed by atoms with Crippen molar-refractivity contribution in [3.05, 3.63) is 5.82 Å². The molecule has 0 bridgehead atoms. The van der Waals surface area contributed by atoms with Gasteiger partial charge in [-0.15, -0.1) is 0 Å². The van der Waals surface area contributed by atoms with Crippen molar-refractivity contribution in [3.8, 4) is 5.88 Å². The van der Waals surface area contributed by atoms with E-state index in [1.807, 2.05) is 6.92 Å². The minimum atomic E-state index is 0.448. The van der Waals surface area contributed by atoms with Gasteiger partial charge in [0.1, 0.15) is 11.5 Å². The lowest BCUT2D eigenvalue weighted by Gasteiger charge is -2.14. The summed E-state index contributed by atoms with van der Waals surface area (Å²) in [6.45, 7) is 6.84. The molecule has 3 N–H and O–H groups in total. The molecule has 1 saturated carbocycles. The molecule has 1 aliphatic carbocycles. The monoisotopic (exact) mass is 250 g/mol. The van der Waals surface area contributed by atoms with Gasteiger partial charge in [0.15, 0.2) is 5.82 Å². The fourth-order valence-electron chi connectivity index (χ4n) is 1.54. The van der Waals surface area contributed by atoms with Gasteiger partial charge in [-0.2, -0.15) is 4.98 Å². The molecule has 2 rings (SSSR count). The van der Waals surface area contributed by atoms with Crippen LogP contribution in [0.5, 0.6) is 5.88 Å². The van der Waals surface area contributed by atoms with E-state index in [-0.39, 0.29) is 0 Å². The van der Waals surface area contributed by atoms with E-state index in [0.29, 0.717) is 30.1 Å². The number of ether oxygens (including phenoxy) is 1. The lowest BCUT2D eigenvalue weighted by Crippen LogP contribution is -2.13. The van der Waals surface area contributed by atoms with Crippen molar-refractivity contribution in [1.29, 1.82) is 0 Å². The molecule has 0 atom stereocenters. The molecule has 1 aromatic rings. The molecule has 1 aromatic heterocycles. The van der Waals surface area contributed by atoms with Gasteiger partial charge in [0.2, 0.25) is 5.88 Å². The van der Waals surface area contributed by atoms with Crippen LogP contribution in [0.25, 0.3) is 0 Å². The summed E-state index contributed by atoms with van der Waals surface area (Å²) in [6.07, 6.45) is 3.15. The van der Waals surface area contributed by atoms with Gasteiger partial charge >= 0.3 is 0 Å². The summed E-state index contributed by atoms with van der Waals surface area (Å²) < 4.78 is 5.67. The Labute approximate surface area is 108 Å². The van der Waals surface area contributed by atoms with Crippen molar-refractivity contribution in [3.63, 3.8) is 0 Å². The number of hydrogen-bond acceptors (Lipinski definition) is 5. The highest BCUT2D eigenvalue weighted by Gasteiger charge is 2.24. The first-order valence-corrected chi connectivity index (χ1v) is 6.65. The molecule has 0 unspecified atom stereocenters. The lowest BCUT2D eigenvalue weighted by molar-refractivity contribution is 0.262. The third kappa shape index (κ3) is 3.24. The number of nitrogens with zero attached hydrogens (tertiary/aromatic N) is 2. The third-order valence-corrected chi connectivity index (χ3v) is 2.74. The second kappa shape index (κ2) is 5.42. The fraction of sp³-hybridized carbons (Fsp3) is 0.692. The maximum atomic E-state index is 6.06. The molecule has 0 amide bonds. The van der Waals surface area contributed by atoms with Crippen molar-refractivity contribution in [1.82, 2.24) is 9.97 Å².